The Labute approximate surface area is 102 Å². The zero-order valence-corrected chi connectivity index (χ0v) is 9.88. The maximum absolute atomic E-state index is 2.26. The lowest BCUT2D eigenvalue weighted by atomic mass is 9.91. The first-order valence-electron chi connectivity index (χ1n) is 5.90. The molecule has 0 spiro atoms. The van der Waals surface area contributed by atoms with Crippen LogP contribution < -0.4 is 0 Å². The van der Waals surface area contributed by atoms with Crippen molar-refractivity contribution >= 4 is 6.08 Å². The molecule has 17 heavy (non-hydrogen) atoms. The second-order valence-corrected chi connectivity index (χ2v) is 4.42. The normalized spacial score (nSPS) is 17.9. The molecule has 1 aliphatic rings. The van der Waals surface area contributed by atoms with Crippen LogP contribution >= 0.6 is 0 Å². The topological polar surface area (TPSA) is 3.24 Å². The van der Waals surface area contributed by atoms with Gasteiger partial charge in [0.1, 0.15) is 0 Å². The van der Waals surface area contributed by atoms with Gasteiger partial charge in [0.15, 0.2) is 0 Å². The van der Waals surface area contributed by atoms with Crippen molar-refractivity contribution < 1.29 is 0 Å². The summed E-state index contributed by atoms with van der Waals surface area (Å²) >= 11 is 0. The Balaban J connectivity index is 2.13. The van der Waals surface area contributed by atoms with Crippen molar-refractivity contribution in [2.24, 2.45) is 0 Å². The van der Waals surface area contributed by atoms with Gasteiger partial charge in [-0.3, -0.25) is 0 Å². The van der Waals surface area contributed by atoms with E-state index in [0.29, 0.717) is 6.04 Å². The molecule has 1 atom stereocenters. The number of nitrogens with zero attached hydrogens (tertiary/aromatic N) is 1. The van der Waals surface area contributed by atoms with Gasteiger partial charge in [-0.05, 0) is 22.8 Å². The van der Waals surface area contributed by atoms with Crippen LogP contribution in [-0.4, -0.2) is 11.9 Å². The van der Waals surface area contributed by atoms with Crippen molar-refractivity contribution in [3.05, 3.63) is 77.5 Å². The highest BCUT2D eigenvalue weighted by Gasteiger charge is 2.21. The predicted octanol–water partition coefficient (Wildman–Crippen LogP) is 3.69. The number of hydrogen-bond acceptors (Lipinski definition) is 1. The molecule has 0 aromatic heterocycles. The van der Waals surface area contributed by atoms with Gasteiger partial charge in [-0.1, -0.05) is 54.6 Å². The number of benzene rings is 2. The Morgan fingerprint density at radius 1 is 0.882 bits per heavy atom. The van der Waals surface area contributed by atoms with Crippen LogP contribution in [-0.2, 0) is 0 Å². The van der Waals surface area contributed by atoms with E-state index in [9.17, 15) is 0 Å². The van der Waals surface area contributed by atoms with Gasteiger partial charge in [0.05, 0.1) is 6.04 Å². The van der Waals surface area contributed by atoms with E-state index < -0.39 is 0 Å². The molecule has 2 aromatic carbocycles. The lowest BCUT2D eigenvalue weighted by molar-refractivity contribution is 0.381. The van der Waals surface area contributed by atoms with Crippen molar-refractivity contribution in [1.29, 1.82) is 0 Å². The summed E-state index contributed by atoms with van der Waals surface area (Å²) in [5.74, 6) is 0. The Morgan fingerprint density at radius 2 is 1.59 bits per heavy atom. The number of fused-ring (bicyclic) bond motifs is 1. The van der Waals surface area contributed by atoms with Crippen molar-refractivity contribution in [2.75, 3.05) is 7.05 Å². The molecule has 1 aliphatic heterocycles. The highest BCUT2D eigenvalue weighted by atomic mass is 15.1. The summed E-state index contributed by atoms with van der Waals surface area (Å²) in [6, 6.07) is 19.6. The largest absolute Gasteiger partial charge is 0.369 e. The Morgan fingerprint density at radius 3 is 2.41 bits per heavy atom. The zero-order chi connectivity index (χ0) is 11.7. The first kappa shape index (κ1) is 10.2. The van der Waals surface area contributed by atoms with Gasteiger partial charge in [0.2, 0.25) is 0 Å². The molecule has 0 saturated carbocycles. The summed E-state index contributed by atoms with van der Waals surface area (Å²) < 4.78 is 0. The van der Waals surface area contributed by atoms with Crippen molar-refractivity contribution in [2.45, 2.75) is 6.04 Å². The first-order valence-corrected chi connectivity index (χ1v) is 5.90. The SMILES string of the molecule is CN1C=Cc2ccccc2C1c1ccccc1. The van der Waals surface area contributed by atoms with Crippen LogP contribution in [0, 0.1) is 0 Å². The number of hydrogen-bond donors (Lipinski definition) is 0. The highest BCUT2D eigenvalue weighted by molar-refractivity contribution is 5.58. The Kier molecular flexibility index (Phi) is 2.45. The molecule has 0 aliphatic carbocycles. The molecule has 84 valence electrons. The smallest absolute Gasteiger partial charge is 0.0792 e. The van der Waals surface area contributed by atoms with Gasteiger partial charge in [-0.15, -0.1) is 0 Å². The summed E-state index contributed by atoms with van der Waals surface area (Å²) in [5.41, 5.74) is 4.04. The van der Waals surface area contributed by atoms with E-state index in [1.807, 2.05) is 0 Å². The van der Waals surface area contributed by atoms with Gasteiger partial charge in [0.25, 0.3) is 0 Å². The summed E-state index contributed by atoms with van der Waals surface area (Å²) in [7, 11) is 2.13. The second-order valence-electron chi connectivity index (χ2n) is 4.42. The van der Waals surface area contributed by atoms with E-state index >= 15 is 0 Å². The molecule has 1 unspecified atom stereocenters. The van der Waals surface area contributed by atoms with Crippen LogP contribution in [0.3, 0.4) is 0 Å². The maximum atomic E-state index is 2.26. The Bertz CT molecular complexity index is 542. The molecule has 0 bridgehead atoms. The van der Waals surface area contributed by atoms with Crippen LogP contribution in [0.25, 0.3) is 6.08 Å². The third-order valence-electron chi connectivity index (χ3n) is 3.30. The Hall–Kier alpha value is -2.02. The van der Waals surface area contributed by atoms with Crippen LogP contribution in [0.1, 0.15) is 22.7 Å². The van der Waals surface area contributed by atoms with Gasteiger partial charge >= 0.3 is 0 Å². The number of rotatable bonds is 1. The standard InChI is InChI=1S/C16H15N/c1-17-12-11-13-7-5-6-10-15(13)16(17)14-8-3-2-4-9-14/h2-12,16H,1H3. The predicted molar refractivity (Wildman–Crippen MR) is 71.5 cm³/mol. The van der Waals surface area contributed by atoms with Crippen LogP contribution in [0.4, 0.5) is 0 Å². The van der Waals surface area contributed by atoms with Crippen molar-refractivity contribution in [3.63, 3.8) is 0 Å². The summed E-state index contributed by atoms with van der Waals surface area (Å²) in [6.45, 7) is 0. The molecule has 0 saturated heterocycles. The van der Waals surface area contributed by atoms with Gasteiger partial charge in [-0.2, -0.15) is 0 Å². The van der Waals surface area contributed by atoms with Gasteiger partial charge in [-0.25, -0.2) is 0 Å². The average molecular weight is 221 g/mol. The fourth-order valence-electron chi connectivity index (χ4n) is 2.47. The molecule has 0 fully saturated rings. The third-order valence-corrected chi connectivity index (χ3v) is 3.30. The minimum absolute atomic E-state index is 0.331. The maximum Gasteiger partial charge on any atom is 0.0792 e. The molecule has 1 heteroatoms. The molecule has 1 heterocycles. The molecule has 0 radical (unpaired) electrons. The van der Waals surface area contributed by atoms with E-state index in [2.05, 4.69) is 78.8 Å². The monoisotopic (exact) mass is 221 g/mol. The average Bonchev–Trinajstić information content (AvgIpc) is 2.39. The van der Waals surface area contributed by atoms with E-state index in [0.717, 1.165) is 0 Å². The second kappa shape index (κ2) is 4.10. The molecule has 2 aromatic rings. The van der Waals surface area contributed by atoms with E-state index in [-0.39, 0.29) is 0 Å². The van der Waals surface area contributed by atoms with Gasteiger partial charge < -0.3 is 4.90 Å². The van der Waals surface area contributed by atoms with Crippen LogP contribution in [0.5, 0.6) is 0 Å². The quantitative estimate of drug-likeness (QED) is 0.710. The zero-order valence-electron chi connectivity index (χ0n) is 9.88. The first-order chi connectivity index (χ1) is 8.36. The summed E-state index contributed by atoms with van der Waals surface area (Å²) in [6.07, 6.45) is 4.33. The summed E-state index contributed by atoms with van der Waals surface area (Å²) in [4.78, 5) is 2.26. The van der Waals surface area contributed by atoms with E-state index in [1.165, 1.54) is 16.7 Å². The third kappa shape index (κ3) is 1.74. The molecule has 3 rings (SSSR count). The van der Waals surface area contributed by atoms with E-state index in [1.54, 1.807) is 0 Å². The van der Waals surface area contributed by atoms with Crippen molar-refractivity contribution in [1.82, 2.24) is 4.90 Å². The minimum atomic E-state index is 0.331. The van der Waals surface area contributed by atoms with Crippen molar-refractivity contribution in [3.8, 4) is 0 Å². The lowest BCUT2D eigenvalue weighted by Crippen LogP contribution is -2.23. The molecule has 0 N–H and O–H groups in total. The molecule has 1 nitrogen and oxygen atoms in total. The van der Waals surface area contributed by atoms with Gasteiger partial charge in [0, 0.05) is 13.2 Å². The molecular weight excluding hydrogens is 206 g/mol. The fraction of sp³-hybridized carbons (Fsp3) is 0.125. The minimum Gasteiger partial charge on any atom is -0.369 e. The van der Waals surface area contributed by atoms with E-state index in [4.69, 9.17) is 0 Å². The summed E-state index contributed by atoms with van der Waals surface area (Å²) in [5, 5.41) is 0. The fourth-order valence-corrected chi connectivity index (χ4v) is 2.47. The highest BCUT2D eigenvalue weighted by Crippen LogP contribution is 2.33. The molecular formula is C16H15N. The lowest BCUT2D eigenvalue weighted by Gasteiger charge is -2.32. The van der Waals surface area contributed by atoms with Crippen LogP contribution in [0.15, 0.2) is 60.8 Å². The molecule has 0 amide bonds. The van der Waals surface area contributed by atoms with Crippen LogP contribution in [0.2, 0.25) is 0 Å².